The molecular formula is C18H26N2O3. The molecule has 2 rings (SSSR count). The van der Waals surface area contributed by atoms with Crippen molar-refractivity contribution in [2.45, 2.75) is 40.5 Å². The van der Waals surface area contributed by atoms with Crippen LogP contribution in [0.5, 0.6) is 0 Å². The number of carboxylic acids is 1. The Labute approximate surface area is 137 Å². The molecule has 0 aliphatic carbocycles. The van der Waals surface area contributed by atoms with Crippen LogP contribution in [0.15, 0.2) is 18.2 Å². The van der Waals surface area contributed by atoms with E-state index in [1.54, 1.807) is 32.9 Å². The predicted molar refractivity (Wildman–Crippen MR) is 92.1 cm³/mol. The van der Waals surface area contributed by atoms with Crippen molar-refractivity contribution in [1.29, 1.82) is 0 Å². The summed E-state index contributed by atoms with van der Waals surface area (Å²) < 4.78 is 0. The summed E-state index contributed by atoms with van der Waals surface area (Å²) in [5.74, 6) is -0.613. The predicted octanol–water partition coefficient (Wildman–Crippen LogP) is 3.61. The average Bonchev–Trinajstić information content (AvgIpc) is 2.46. The third-order valence-corrected chi connectivity index (χ3v) is 4.19. The maximum atomic E-state index is 12.1. The zero-order valence-corrected chi connectivity index (χ0v) is 14.3. The molecule has 1 aromatic carbocycles. The van der Waals surface area contributed by atoms with Crippen LogP contribution in [0.4, 0.5) is 11.4 Å². The highest BCUT2D eigenvalue weighted by Gasteiger charge is 2.24. The van der Waals surface area contributed by atoms with E-state index >= 15 is 0 Å². The van der Waals surface area contributed by atoms with Crippen LogP contribution in [0.3, 0.4) is 0 Å². The molecule has 1 saturated heterocycles. The first-order valence-corrected chi connectivity index (χ1v) is 8.12. The number of nitrogens with zero attached hydrogens (tertiary/aromatic N) is 1. The van der Waals surface area contributed by atoms with E-state index in [-0.39, 0.29) is 11.5 Å². The standard InChI is InChI=1S/C18H26N2O3/c1-12-6-5-9-20(11-12)13-7-8-15(14(10-13)16(21)22)19-17(23)18(2,3)4/h7-8,10,12H,5-6,9,11H2,1-4H3,(H,19,23)(H,21,22)/t12-/m0/s1. The summed E-state index contributed by atoms with van der Waals surface area (Å²) in [6.07, 6.45) is 2.33. The molecule has 1 aliphatic heterocycles. The average molecular weight is 318 g/mol. The lowest BCUT2D eigenvalue weighted by molar-refractivity contribution is -0.123. The molecule has 23 heavy (non-hydrogen) atoms. The van der Waals surface area contributed by atoms with Crippen molar-refractivity contribution in [2.24, 2.45) is 11.3 Å². The van der Waals surface area contributed by atoms with Gasteiger partial charge in [-0.25, -0.2) is 4.79 Å². The van der Waals surface area contributed by atoms with Crippen molar-refractivity contribution in [3.8, 4) is 0 Å². The summed E-state index contributed by atoms with van der Waals surface area (Å²) >= 11 is 0. The second-order valence-electron chi connectivity index (χ2n) is 7.43. The summed E-state index contributed by atoms with van der Waals surface area (Å²) in [5.41, 5.74) is 0.823. The molecule has 1 amide bonds. The minimum atomic E-state index is -1.03. The molecule has 0 saturated carbocycles. The molecule has 0 bridgehead atoms. The number of aromatic carboxylic acids is 1. The van der Waals surface area contributed by atoms with Crippen LogP contribution in [0.1, 0.15) is 50.9 Å². The molecule has 5 nitrogen and oxygen atoms in total. The van der Waals surface area contributed by atoms with Gasteiger partial charge < -0.3 is 15.3 Å². The van der Waals surface area contributed by atoms with Gasteiger partial charge in [-0.05, 0) is 37.0 Å². The summed E-state index contributed by atoms with van der Waals surface area (Å²) in [5, 5.41) is 12.2. The third kappa shape index (κ3) is 4.24. The van der Waals surface area contributed by atoms with Crippen LogP contribution in [0, 0.1) is 11.3 Å². The Morgan fingerprint density at radius 3 is 2.57 bits per heavy atom. The minimum Gasteiger partial charge on any atom is -0.478 e. The molecule has 2 N–H and O–H groups in total. The van der Waals surface area contributed by atoms with Crippen LogP contribution >= 0.6 is 0 Å². The molecule has 126 valence electrons. The molecule has 1 fully saturated rings. The van der Waals surface area contributed by atoms with Gasteiger partial charge in [0.25, 0.3) is 0 Å². The van der Waals surface area contributed by atoms with Gasteiger partial charge in [-0.2, -0.15) is 0 Å². The maximum absolute atomic E-state index is 12.1. The minimum absolute atomic E-state index is 0.137. The smallest absolute Gasteiger partial charge is 0.337 e. The lowest BCUT2D eigenvalue weighted by Crippen LogP contribution is -2.34. The number of benzene rings is 1. The number of hydrogen-bond donors (Lipinski definition) is 2. The Morgan fingerprint density at radius 2 is 2.00 bits per heavy atom. The van der Waals surface area contributed by atoms with Gasteiger partial charge >= 0.3 is 5.97 Å². The lowest BCUT2D eigenvalue weighted by atomic mass is 9.95. The molecular weight excluding hydrogens is 292 g/mol. The molecule has 0 unspecified atom stereocenters. The Bertz CT molecular complexity index is 605. The zero-order valence-electron chi connectivity index (χ0n) is 14.3. The van der Waals surface area contributed by atoms with Crippen LogP contribution in [0.2, 0.25) is 0 Å². The fourth-order valence-electron chi connectivity index (χ4n) is 2.75. The highest BCUT2D eigenvalue weighted by Crippen LogP contribution is 2.28. The van der Waals surface area contributed by atoms with Crippen molar-refractivity contribution in [3.05, 3.63) is 23.8 Å². The van der Waals surface area contributed by atoms with Crippen LogP contribution in [-0.4, -0.2) is 30.1 Å². The monoisotopic (exact) mass is 318 g/mol. The number of rotatable bonds is 3. The van der Waals surface area contributed by atoms with Crippen LogP contribution in [0.25, 0.3) is 0 Å². The highest BCUT2D eigenvalue weighted by atomic mass is 16.4. The zero-order chi connectivity index (χ0) is 17.2. The van der Waals surface area contributed by atoms with Crippen molar-refractivity contribution in [2.75, 3.05) is 23.3 Å². The van der Waals surface area contributed by atoms with Gasteiger partial charge in [0.1, 0.15) is 0 Å². The van der Waals surface area contributed by atoms with Crippen molar-refractivity contribution in [1.82, 2.24) is 0 Å². The fourth-order valence-corrected chi connectivity index (χ4v) is 2.75. The molecule has 0 aromatic heterocycles. The third-order valence-electron chi connectivity index (χ3n) is 4.19. The summed E-state index contributed by atoms with van der Waals surface area (Å²) in [7, 11) is 0. The highest BCUT2D eigenvalue weighted by molar-refractivity contribution is 6.02. The van der Waals surface area contributed by atoms with Gasteiger partial charge in [-0.3, -0.25) is 4.79 Å². The number of anilines is 2. The molecule has 5 heteroatoms. The summed E-state index contributed by atoms with van der Waals surface area (Å²) in [6, 6.07) is 5.25. The molecule has 1 aromatic rings. The van der Waals surface area contributed by atoms with Crippen LogP contribution < -0.4 is 10.2 Å². The number of amides is 1. The molecule has 1 heterocycles. The number of hydrogen-bond acceptors (Lipinski definition) is 3. The quantitative estimate of drug-likeness (QED) is 0.893. The number of carboxylic acid groups (broad SMARTS) is 1. The number of carbonyl (C=O) groups excluding carboxylic acids is 1. The van der Waals surface area contributed by atoms with E-state index in [0.29, 0.717) is 11.6 Å². The van der Waals surface area contributed by atoms with E-state index < -0.39 is 11.4 Å². The van der Waals surface area contributed by atoms with E-state index in [4.69, 9.17) is 0 Å². The largest absolute Gasteiger partial charge is 0.478 e. The Morgan fingerprint density at radius 1 is 1.30 bits per heavy atom. The second-order valence-corrected chi connectivity index (χ2v) is 7.43. The van der Waals surface area contributed by atoms with Gasteiger partial charge in [-0.15, -0.1) is 0 Å². The van der Waals surface area contributed by atoms with Gasteiger partial charge in [0.15, 0.2) is 0 Å². The number of carbonyl (C=O) groups is 2. The molecule has 0 radical (unpaired) electrons. The Hall–Kier alpha value is -2.04. The fraction of sp³-hybridized carbons (Fsp3) is 0.556. The van der Waals surface area contributed by atoms with Crippen molar-refractivity contribution in [3.63, 3.8) is 0 Å². The normalized spacial score (nSPS) is 18.6. The number of piperidine rings is 1. The van der Waals surface area contributed by atoms with Crippen LogP contribution in [-0.2, 0) is 4.79 Å². The Balaban J connectivity index is 2.28. The SMILES string of the molecule is C[C@H]1CCCN(c2ccc(NC(=O)C(C)(C)C)c(C(=O)O)c2)C1. The van der Waals surface area contributed by atoms with E-state index in [1.165, 1.54) is 6.42 Å². The van der Waals surface area contributed by atoms with E-state index in [2.05, 4.69) is 17.1 Å². The topological polar surface area (TPSA) is 69.6 Å². The Kier molecular flexibility index (Phi) is 4.97. The first-order chi connectivity index (χ1) is 10.7. The second kappa shape index (κ2) is 6.60. The van der Waals surface area contributed by atoms with Crippen molar-refractivity contribution < 1.29 is 14.7 Å². The summed E-state index contributed by atoms with van der Waals surface area (Å²) in [4.78, 5) is 25.9. The van der Waals surface area contributed by atoms with E-state index in [0.717, 1.165) is 25.2 Å². The first kappa shape index (κ1) is 17.3. The first-order valence-electron chi connectivity index (χ1n) is 8.12. The number of nitrogens with one attached hydrogen (secondary N) is 1. The van der Waals surface area contributed by atoms with Gasteiger partial charge in [0.05, 0.1) is 11.3 Å². The van der Waals surface area contributed by atoms with Gasteiger partial charge in [0, 0.05) is 24.2 Å². The maximum Gasteiger partial charge on any atom is 0.337 e. The van der Waals surface area contributed by atoms with E-state index in [1.807, 2.05) is 6.07 Å². The molecule has 1 atom stereocenters. The van der Waals surface area contributed by atoms with E-state index in [9.17, 15) is 14.7 Å². The van der Waals surface area contributed by atoms with Gasteiger partial charge in [-0.1, -0.05) is 27.7 Å². The van der Waals surface area contributed by atoms with Crippen molar-refractivity contribution >= 4 is 23.3 Å². The van der Waals surface area contributed by atoms with Gasteiger partial charge in [0.2, 0.25) is 5.91 Å². The molecule has 0 spiro atoms. The lowest BCUT2D eigenvalue weighted by Gasteiger charge is -2.33. The summed E-state index contributed by atoms with van der Waals surface area (Å²) in [6.45, 7) is 9.48. The molecule has 1 aliphatic rings.